The molecule has 0 aliphatic rings. The highest BCUT2D eigenvalue weighted by Gasteiger charge is 2.19. The molecular weight excluding hydrogens is 309 g/mol. The quantitative estimate of drug-likeness (QED) is 0.805. The maximum Gasteiger partial charge on any atom is 0.275 e. The molecule has 1 atom stereocenters. The molecule has 1 amide bonds. The molecule has 3 aromatic rings. The Labute approximate surface area is 137 Å². The zero-order chi connectivity index (χ0) is 17.3. The van der Waals surface area contributed by atoms with Crippen molar-refractivity contribution in [3.05, 3.63) is 70.4 Å². The lowest BCUT2D eigenvalue weighted by Crippen LogP contribution is -2.33. The van der Waals surface area contributed by atoms with E-state index in [1.165, 1.54) is 18.2 Å². The summed E-state index contributed by atoms with van der Waals surface area (Å²) >= 11 is 0. The molecule has 0 unspecified atom stereocenters. The number of amides is 1. The van der Waals surface area contributed by atoms with Gasteiger partial charge in [0.25, 0.3) is 5.56 Å². The lowest BCUT2D eigenvalue weighted by Gasteiger charge is -2.15. The maximum atomic E-state index is 13.1. The largest absolute Gasteiger partial charge is 0.324 e. The molecule has 2 aromatic carbocycles. The van der Waals surface area contributed by atoms with Crippen LogP contribution in [0.4, 0.5) is 10.1 Å². The molecule has 5 nitrogen and oxygen atoms in total. The smallest absolute Gasteiger partial charge is 0.275 e. The second-order valence-corrected chi connectivity index (χ2v) is 5.61. The molecular formula is C18H16FN3O2. The van der Waals surface area contributed by atoms with Crippen LogP contribution in [0.25, 0.3) is 10.8 Å². The number of hydrogen-bond donors (Lipinski definition) is 1. The van der Waals surface area contributed by atoms with Crippen molar-refractivity contribution >= 4 is 22.4 Å². The summed E-state index contributed by atoms with van der Waals surface area (Å²) in [5, 5.41) is 8.02. The highest BCUT2D eigenvalue weighted by Crippen LogP contribution is 2.17. The van der Waals surface area contributed by atoms with Crippen LogP contribution in [-0.2, 0) is 4.79 Å². The molecule has 1 N–H and O–H groups in total. The van der Waals surface area contributed by atoms with Gasteiger partial charge in [-0.1, -0.05) is 18.2 Å². The van der Waals surface area contributed by atoms with E-state index in [0.717, 1.165) is 10.1 Å². The summed E-state index contributed by atoms with van der Waals surface area (Å²) in [5.41, 5.74) is 0.781. The Hall–Kier alpha value is -3.02. The van der Waals surface area contributed by atoms with E-state index in [-0.39, 0.29) is 11.4 Å². The fourth-order valence-corrected chi connectivity index (χ4v) is 2.50. The van der Waals surface area contributed by atoms with Gasteiger partial charge in [-0.15, -0.1) is 0 Å². The number of aryl methyl sites for hydroxylation is 1. The van der Waals surface area contributed by atoms with Gasteiger partial charge in [0.1, 0.15) is 11.9 Å². The Balaban J connectivity index is 1.91. The predicted molar refractivity (Wildman–Crippen MR) is 90.5 cm³/mol. The fraction of sp³-hybridized carbons (Fsp3) is 0.167. The van der Waals surface area contributed by atoms with E-state index in [1.807, 2.05) is 6.07 Å². The van der Waals surface area contributed by atoms with Crippen LogP contribution in [0.2, 0.25) is 0 Å². The van der Waals surface area contributed by atoms with Crippen LogP contribution in [0.3, 0.4) is 0 Å². The van der Waals surface area contributed by atoms with Gasteiger partial charge in [0.15, 0.2) is 0 Å². The zero-order valence-electron chi connectivity index (χ0n) is 13.3. The number of benzene rings is 2. The van der Waals surface area contributed by atoms with E-state index in [4.69, 9.17) is 0 Å². The van der Waals surface area contributed by atoms with E-state index in [2.05, 4.69) is 10.4 Å². The third-order valence-corrected chi connectivity index (χ3v) is 3.91. The first-order chi connectivity index (χ1) is 11.5. The molecule has 0 fully saturated rings. The van der Waals surface area contributed by atoms with Gasteiger partial charge in [-0.05, 0) is 43.7 Å². The Bertz CT molecular complexity index is 981. The standard InChI is InChI=1S/C18H16FN3O2/c1-11-9-14(19)7-8-16(11)21-17(23)12(2)22-18(24)15-6-4-3-5-13(15)10-20-22/h3-10,12H,1-2H3,(H,21,23)/t12-/m0/s1. The summed E-state index contributed by atoms with van der Waals surface area (Å²) in [4.78, 5) is 24.9. The molecule has 0 aliphatic carbocycles. The monoisotopic (exact) mass is 325 g/mol. The van der Waals surface area contributed by atoms with Crippen LogP contribution >= 0.6 is 0 Å². The molecule has 122 valence electrons. The molecule has 3 rings (SSSR count). The second-order valence-electron chi connectivity index (χ2n) is 5.61. The van der Waals surface area contributed by atoms with Crippen molar-refractivity contribution in [2.24, 2.45) is 0 Å². The number of fused-ring (bicyclic) bond motifs is 1. The van der Waals surface area contributed by atoms with Crippen LogP contribution < -0.4 is 10.9 Å². The van der Waals surface area contributed by atoms with Crippen molar-refractivity contribution in [2.45, 2.75) is 19.9 Å². The lowest BCUT2D eigenvalue weighted by molar-refractivity contribution is -0.119. The number of carbonyl (C=O) groups is 1. The van der Waals surface area contributed by atoms with Gasteiger partial charge in [-0.2, -0.15) is 5.10 Å². The lowest BCUT2D eigenvalue weighted by atomic mass is 10.2. The average molecular weight is 325 g/mol. The average Bonchev–Trinajstić information content (AvgIpc) is 2.57. The van der Waals surface area contributed by atoms with Crippen LogP contribution in [-0.4, -0.2) is 15.7 Å². The minimum Gasteiger partial charge on any atom is -0.324 e. The van der Waals surface area contributed by atoms with Gasteiger partial charge in [-0.25, -0.2) is 9.07 Å². The molecule has 0 bridgehead atoms. The van der Waals surface area contributed by atoms with Gasteiger partial charge < -0.3 is 5.32 Å². The summed E-state index contributed by atoms with van der Waals surface area (Å²) in [6.07, 6.45) is 1.56. The fourth-order valence-electron chi connectivity index (χ4n) is 2.50. The summed E-state index contributed by atoms with van der Waals surface area (Å²) in [6.45, 7) is 3.29. The van der Waals surface area contributed by atoms with Crippen molar-refractivity contribution in [2.75, 3.05) is 5.32 Å². The SMILES string of the molecule is Cc1cc(F)ccc1NC(=O)[C@H](C)n1ncc2ccccc2c1=O. The van der Waals surface area contributed by atoms with E-state index in [1.54, 1.807) is 38.2 Å². The minimum absolute atomic E-state index is 0.327. The van der Waals surface area contributed by atoms with E-state index in [0.29, 0.717) is 16.6 Å². The Morgan fingerprint density at radius 2 is 2.00 bits per heavy atom. The van der Waals surface area contributed by atoms with Crippen LogP contribution in [0.15, 0.2) is 53.5 Å². The van der Waals surface area contributed by atoms with Gasteiger partial charge in [0.2, 0.25) is 5.91 Å². The Morgan fingerprint density at radius 3 is 2.75 bits per heavy atom. The van der Waals surface area contributed by atoms with E-state index >= 15 is 0 Å². The molecule has 0 saturated carbocycles. The molecule has 0 saturated heterocycles. The first-order valence-corrected chi connectivity index (χ1v) is 7.51. The van der Waals surface area contributed by atoms with Gasteiger partial charge in [-0.3, -0.25) is 9.59 Å². The molecule has 24 heavy (non-hydrogen) atoms. The van der Waals surface area contributed by atoms with Gasteiger partial charge >= 0.3 is 0 Å². The van der Waals surface area contributed by atoms with Crippen molar-refractivity contribution in [3.8, 4) is 0 Å². The number of nitrogens with one attached hydrogen (secondary N) is 1. The van der Waals surface area contributed by atoms with Crippen molar-refractivity contribution in [1.29, 1.82) is 0 Å². The topological polar surface area (TPSA) is 64.0 Å². The Morgan fingerprint density at radius 1 is 1.25 bits per heavy atom. The molecule has 0 radical (unpaired) electrons. The second kappa shape index (κ2) is 6.23. The van der Waals surface area contributed by atoms with E-state index in [9.17, 15) is 14.0 Å². The van der Waals surface area contributed by atoms with Crippen molar-refractivity contribution in [1.82, 2.24) is 9.78 Å². The molecule has 6 heteroatoms. The number of aromatic nitrogens is 2. The summed E-state index contributed by atoms with van der Waals surface area (Å²) in [7, 11) is 0. The molecule has 0 spiro atoms. The normalized spacial score (nSPS) is 12.1. The number of rotatable bonds is 3. The van der Waals surface area contributed by atoms with E-state index < -0.39 is 11.9 Å². The van der Waals surface area contributed by atoms with Crippen molar-refractivity contribution < 1.29 is 9.18 Å². The molecule has 0 aliphatic heterocycles. The first-order valence-electron chi connectivity index (χ1n) is 7.51. The number of anilines is 1. The zero-order valence-corrected chi connectivity index (χ0v) is 13.3. The van der Waals surface area contributed by atoms with Gasteiger partial charge in [0, 0.05) is 11.1 Å². The minimum atomic E-state index is -0.799. The highest BCUT2D eigenvalue weighted by atomic mass is 19.1. The van der Waals surface area contributed by atoms with Crippen LogP contribution in [0, 0.1) is 12.7 Å². The Kier molecular flexibility index (Phi) is 4.12. The first kappa shape index (κ1) is 15.9. The predicted octanol–water partition coefficient (Wildman–Crippen LogP) is 3.04. The third kappa shape index (κ3) is 2.90. The summed E-state index contributed by atoms with van der Waals surface area (Å²) < 4.78 is 14.3. The summed E-state index contributed by atoms with van der Waals surface area (Å²) in [5.74, 6) is -0.763. The van der Waals surface area contributed by atoms with Gasteiger partial charge in [0.05, 0.1) is 11.6 Å². The number of halogens is 1. The van der Waals surface area contributed by atoms with Crippen LogP contribution in [0.1, 0.15) is 18.5 Å². The summed E-state index contributed by atoms with van der Waals surface area (Å²) in [6, 6.07) is 10.4. The number of nitrogens with zero attached hydrogens (tertiary/aromatic N) is 2. The molecule has 1 heterocycles. The third-order valence-electron chi connectivity index (χ3n) is 3.91. The number of carbonyl (C=O) groups excluding carboxylic acids is 1. The molecule has 1 aromatic heterocycles. The maximum absolute atomic E-state index is 13.1. The van der Waals surface area contributed by atoms with Crippen molar-refractivity contribution in [3.63, 3.8) is 0 Å². The highest BCUT2D eigenvalue weighted by molar-refractivity contribution is 5.94. The van der Waals surface area contributed by atoms with Crippen LogP contribution in [0.5, 0.6) is 0 Å². The number of hydrogen-bond acceptors (Lipinski definition) is 3.